The van der Waals surface area contributed by atoms with Gasteiger partial charge in [-0.2, -0.15) is 0 Å². The van der Waals surface area contributed by atoms with Gasteiger partial charge in [0.2, 0.25) is 0 Å². The molecule has 4 rings (SSSR count). The summed E-state index contributed by atoms with van der Waals surface area (Å²) in [7, 11) is 0. The molecule has 6 heteroatoms. The van der Waals surface area contributed by atoms with Gasteiger partial charge in [-0.15, -0.1) is 0 Å². The average molecular weight is 429 g/mol. The van der Waals surface area contributed by atoms with Gasteiger partial charge in [0, 0.05) is 0 Å². The molecule has 0 spiro atoms. The van der Waals surface area contributed by atoms with Crippen LogP contribution in [-0.4, -0.2) is 15.5 Å². The van der Waals surface area contributed by atoms with Crippen LogP contribution >= 0.6 is 27.3 Å². The van der Waals surface area contributed by atoms with E-state index >= 15 is 0 Å². The minimum absolute atomic E-state index is 0.0326. The predicted molar refractivity (Wildman–Crippen MR) is 110 cm³/mol. The van der Waals surface area contributed by atoms with Crippen molar-refractivity contribution < 1.29 is 4.74 Å². The topological polar surface area (TPSA) is 43.6 Å². The number of hydrogen-bond acceptors (Lipinski definition) is 4. The maximum Gasteiger partial charge on any atom is 0.274 e. The minimum atomic E-state index is -0.0326. The highest BCUT2D eigenvalue weighted by atomic mass is 79.9. The molecule has 0 bridgehead atoms. The largest absolute Gasteiger partial charge is 0.490 e. The van der Waals surface area contributed by atoms with Gasteiger partial charge in [0.1, 0.15) is 5.75 Å². The number of hydrogen-bond donors (Lipinski definition) is 0. The highest BCUT2D eigenvalue weighted by molar-refractivity contribution is 9.10. The molecule has 2 aromatic carbocycles. The van der Waals surface area contributed by atoms with E-state index in [2.05, 4.69) is 27.8 Å². The lowest BCUT2D eigenvalue weighted by molar-refractivity contribution is 0.216. The van der Waals surface area contributed by atoms with Gasteiger partial charge in [-0.3, -0.25) is 4.79 Å². The molecule has 0 unspecified atom stereocenters. The lowest BCUT2D eigenvalue weighted by atomic mass is 10.2. The second-order valence-corrected chi connectivity index (χ2v) is 8.02. The van der Waals surface area contributed by atoms with Crippen molar-refractivity contribution >= 4 is 49.3 Å². The van der Waals surface area contributed by atoms with Crippen LogP contribution in [0.15, 0.2) is 51.7 Å². The van der Waals surface area contributed by atoms with Gasteiger partial charge in [-0.1, -0.05) is 36.5 Å². The van der Waals surface area contributed by atoms with Gasteiger partial charge in [0.15, 0.2) is 4.96 Å². The van der Waals surface area contributed by atoms with Crippen molar-refractivity contribution in [1.29, 1.82) is 0 Å². The van der Waals surface area contributed by atoms with Crippen molar-refractivity contribution in [2.75, 3.05) is 0 Å². The Morgan fingerprint density at radius 2 is 2.12 bits per heavy atom. The first-order chi connectivity index (χ1) is 12.6. The van der Waals surface area contributed by atoms with Crippen LogP contribution in [0.4, 0.5) is 0 Å². The van der Waals surface area contributed by atoms with Crippen LogP contribution < -0.4 is 14.8 Å². The fourth-order valence-corrected chi connectivity index (χ4v) is 4.24. The molecule has 0 fully saturated rings. The Morgan fingerprint density at radius 1 is 1.31 bits per heavy atom. The van der Waals surface area contributed by atoms with Gasteiger partial charge < -0.3 is 4.74 Å². The summed E-state index contributed by atoms with van der Waals surface area (Å²) in [6, 6.07) is 13.6. The summed E-state index contributed by atoms with van der Waals surface area (Å²) in [6.45, 7) is 4.13. The highest BCUT2D eigenvalue weighted by Gasteiger charge is 2.11. The Labute approximate surface area is 162 Å². The molecular formula is C20H17BrN2O2S. The molecule has 1 atom stereocenters. The van der Waals surface area contributed by atoms with Crippen LogP contribution in [-0.2, 0) is 0 Å². The van der Waals surface area contributed by atoms with Crippen molar-refractivity contribution in [1.82, 2.24) is 9.38 Å². The second-order valence-electron chi connectivity index (χ2n) is 6.16. The molecule has 0 saturated heterocycles. The van der Waals surface area contributed by atoms with Gasteiger partial charge in [-0.25, -0.2) is 9.38 Å². The summed E-state index contributed by atoms with van der Waals surface area (Å²) in [4.78, 5) is 18.1. The zero-order chi connectivity index (χ0) is 18.3. The summed E-state index contributed by atoms with van der Waals surface area (Å²) in [5, 5.41) is 0. The van der Waals surface area contributed by atoms with Crippen LogP contribution in [0.3, 0.4) is 0 Å². The normalized spacial score (nSPS) is 13.6. The third-order valence-corrected chi connectivity index (χ3v) is 5.89. The molecular weight excluding hydrogens is 412 g/mol. The first kappa shape index (κ1) is 17.2. The molecule has 2 aromatic heterocycles. The van der Waals surface area contributed by atoms with Gasteiger partial charge in [0.25, 0.3) is 5.56 Å². The molecule has 4 nitrogen and oxygen atoms in total. The lowest BCUT2D eigenvalue weighted by Gasteiger charge is -2.14. The van der Waals surface area contributed by atoms with Crippen molar-refractivity contribution in [3.05, 3.63) is 67.4 Å². The van der Waals surface area contributed by atoms with Crippen molar-refractivity contribution in [2.24, 2.45) is 0 Å². The molecule has 0 amide bonds. The molecule has 0 aliphatic rings. The molecule has 0 aliphatic carbocycles. The Hall–Kier alpha value is -2.18. The smallest absolute Gasteiger partial charge is 0.274 e. The number of ether oxygens (including phenoxy) is 1. The van der Waals surface area contributed by atoms with E-state index in [4.69, 9.17) is 4.74 Å². The van der Waals surface area contributed by atoms with Crippen molar-refractivity contribution in [2.45, 2.75) is 26.4 Å². The number of imidazole rings is 1. The van der Waals surface area contributed by atoms with Crippen LogP contribution in [0.1, 0.15) is 25.8 Å². The van der Waals surface area contributed by atoms with Gasteiger partial charge in [-0.05, 0) is 65.2 Å². The van der Waals surface area contributed by atoms with E-state index in [1.54, 1.807) is 4.40 Å². The number of halogens is 1. The van der Waals surface area contributed by atoms with E-state index in [9.17, 15) is 4.79 Å². The first-order valence-corrected chi connectivity index (χ1v) is 10.1. The summed E-state index contributed by atoms with van der Waals surface area (Å²) in [5.41, 5.74) is 2.60. The van der Waals surface area contributed by atoms with Gasteiger partial charge >= 0.3 is 0 Å². The number of fused-ring (bicyclic) bond motifs is 3. The Balaban J connectivity index is 1.78. The van der Waals surface area contributed by atoms with E-state index in [1.807, 2.05) is 55.5 Å². The average Bonchev–Trinajstić information content (AvgIpc) is 3.14. The van der Waals surface area contributed by atoms with Crippen LogP contribution in [0.5, 0.6) is 5.75 Å². The zero-order valence-corrected chi connectivity index (χ0v) is 16.8. The van der Waals surface area contributed by atoms with Crippen LogP contribution in [0.2, 0.25) is 0 Å². The number of benzene rings is 2. The standard InChI is InChI=1S/C20H17BrN2O2S/c1-3-12(2)25-17-9-8-13(10-14(17)21)11-18-19(24)23-16-7-5-4-6-15(16)22-20(23)26-18/h4-12H,3H2,1-2H3/b18-11-/t12-/m1/s1. The molecule has 0 aliphatic heterocycles. The molecule has 0 N–H and O–H groups in total. The molecule has 0 radical (unpaired) electrons. The van der Waals surface area contributed by atoms with E-state index in [0.717, 1.165) is 38.2 Å². The summed E-state index contributed by atoms with van der Waals surface area (Å²) < 4.78 is 9.10. The molecule has 26 heavy (non-hydrogen) atoms. The van der Waals surface area contributed by atoms with E-state index in [-0.39, 0.29) is 11.7 Å². The number of thiazole rings is 1. The molecule has 0 saturated carbocycles. The zero-order valence-electron chi connectivity index (χ0n) is 14.4. The fraction of sp³-hybridized carbons (Fsp3) is 0.200. The predicted octanol–water partition coefficient (Wildman–Crippen LogP) is 4.40. The van der Waals surface area contributed by atoms with Crippen molar-refractivity contribution in [3.63, 3.8) is 0 Å². The number of rotatable bonds is 4. The highest BCUT2D eigenvalue weighted by Crippen LogP contribution is 2.27. The summed E-state index contributed by atoms with van der Waals surface area (Å²) in [5.74, 6) is 0.811. The Bertz CT molecular complexity index is 1210. The lowest BCUT2D eigenvalue weighted by Crippen LogP contribution is -2.22. The van der Waals surface area contributed by atoms with E-state index < -0.39 is 0 Å². The Morgan fingerprint density at radius 3 is 2.88 bits per heavy atom. The SMILES string of the molecule is CC[C@@H](C)Oc1ccc(/C=c2\sc3nc4ccccc4n3c2=O)cc1Br. The third kappa shape index (κ3) is 3.04. The first-order valence-electron chi connectivity index (χ1n) is 8.44. The maximum atomic E-state index is 12.8. The second kappa shape index (κ2) is 6.85. The summed E-state index contributed by atoms with van der Waals surface area (Å²) in [6.07, 6.45) is 3.00. The number of nitrogens with zero attached hydrogens (tertiary/aromatic N) is 2. The van der Waals surface area contributed by atoms with Crippen molar-refractivity contribution in [3.8, 4) is 5.75 Å². The van der Waals surface area contributed by atoms with Crippen LogP contribution in [0.25, 0.3) is 22.1 Å². The molecule has 4 aromatic rings. The molecule has 132 valence electrons. The van der Waals surface area contributed by atoms with E-state index in [0.29, 0.717) is 4.53 Å². The quantitative estimate of drug-likeness (QED) is 0.483. The van der Waals surface area contributed by atoms with Crippen LogP contribution in [0, 0.1) is 0 Å². The monoisotopic (exact) mass is 428 g/mol. The van der Waals surface area contributed by atoms with E-state index in [1.165, 1.54) is 11.3 Å². The number of aromatic nitrogens is 2. The third-order valence-electron chi connectivity index (χ3n) is 4.30. The Kier molecular flexibility index (Phi) is 4.54. The molecule has 2 heterocycles. The summed E-state index contributed by atoms with van der Waals surface area (Å²) >= 11 is 4.97. The maximum absolute atomic E-state index is 12.8. The van der Waals surface area contributed by atoms with Gasteiger partial charge in [0.05, 0.1) is 26.1 Å². The minimum Gasteiger partial charge on any atom is -0.490 e. The fourth-order valence-electron chi connectivity index (χ4n) is 2.77. The number of para-hydroxylation sites is 2.